The number of amides is 2. The molecule has 0 spiro atoms. The maximum absolute atomic E-state index is 12.8. The van der Waals surface area contributed by atoms with Gasteiger partial charge in [0.2, 0.25) is 5.91 Å². The van der Waals surface area contributed by atoms with E-state index in [4.69, 9.17) is 0 Å². The zero-order chi connectivity index (χ0) is 21.1. The number of nitrogens with zero attached hydrogens (tertiary/aromatic N) is 3. The average molecular weight is 416 g/mol. The Morgan fingerprint density at radius 1 is 1.10 bits per heavy atom. The number of carbonyl (C=O) groups excluding carboxylic acids is 2. The minimum Gasteiger partial charge on any atom is -0.480 e. The van der Waals surface area contributed by atoms with Crippen molar-refractivity contribution in [1.82, 2.24) is 20.2 Å². The Morgan fingerprint density at radius 2 is 1.69 bits per heavy atom. The number of β-lactam (4-membered cyclic amide) rings is 1. The lowest BCUT2D eigenvalue weighted by atomic mass is 9.96. The van der Waals surface area contributed by atoms with Gasteiger partial charge in [0.25, 0.3) is 5.91 Å². The molecule has 29 heavy (non-hydrogen) atoms. The van der Waals surface area contributed by atoms with Crippen LogP contribution in [-0.4, -0.2) is 71.0 Å². The summed E-state index contributed by atoms with van der Waals surface area (Å²) >= 11 is 1.27. The van der Waals surface area contributed by atoms with Gasteiger partial charge in [0.05, 0.1) is 11.0 Å². The van der Waals surface area contributed by atoms with E-state index in [2.05, 4.69) is 15.3 Å². The Labute approximate surface area is 168 Å². The smallest absolute Gasteiger partial charge is 0.357 e. The first-order valence-corrected chi connectivity index (χ1v) is 9.53. The van der Waals surface area contributed by atoms with Crippen LogP contribution in [0, 0.1) is 0 Å². The van der Waals surface area contributed by atoms with Gasteiger partial charge in [0, 0.05) is 4.75 Å². The highest BCUT2D eigenvalue weighted by atomic mass is 32.2. The number of para-hydroxylation sites is 2. The van der Waals surface area contributed by atoms with Crippen LogP contribution < -0.4 is 5.32 Å². The number of rotatable bonds is 4. The van der Waals surface area contributed by atoms with E-state index in [1.807, 2.05) is 0 Å². The fraction of sp³-hybridized carbons (Fsp3) is 0.333. The monoisotopic (exact) mass is 416 g/mol. The number of aliphatic carboxylic acids is 1. The number of carboxylic acids is 2. The quantitative estimate of drug-likeness (QED) is 0.608. The molecule has 0 aliphatic carbocycles. The van der Waals surface area contributed by atoms with Crippen molar-refractivity contribution in [3.05, 3.63) is 35.7 Å². The molecule has 2 aliphatic heterocycles. The summed E-state index contributed by atoms with van der Waals surface area (Å²) in [4.78, 5) is 57.7. The normalized spacial score (nSPS) is 24.7. The van der Waals surface area contributed by atoms with E-state index in [0.717, 1.165) is 0 Å². The van der Waals surface area contributed by atoms with Crippen molar-refractivity contribution < 1.29 is 29.4 Å². The predicted molar refractivity (Wildman–Crippen MR) is 101 cm³/mol. The summed E-state index contributed by atoms with van der Waals surface area (Å²) in [5.74, 6) is -3.91. The molecule has 2 aliphatic rings. The van der Waals surface area contributed by atoms with Crippen LogP contribution in [-0.2, 0) is 9.59 Å². The van der Waals surface area contributed by atoms with Crippen LogP contribution in [0.3, 0.4) is 0 Å². The second-order valence-corrected chi connectivity index (χ2v) is 9.03. The van der Waals surface area contributed by atoms with Crippen LogP contribution in [0.25, 0.3) is 11.0 Å². The first-order chi connectivity index (χ1) is 13.6. The molecule has 0 radical (unpaired) electrons. The number of fused-ring (bicyclic) bond motifs is 2. The molecule has 2 saturated heterocycles. The topological polar surface area (TPSA) is 150 Å². The highest BCUT2D eigenvalue weighted by molar-refractivity contribution is 8.01. The summed E-state index contributed by atoms with van der Waals surface area (Å²) < 4.78 is -0.735. The van der Waals surface area contributed by atoms with Crippen LogP contribution >= 0.6 is 11.8 Å². The molecule has 3 atom stereocenters. The van der Waals surface area contributed by atoms with Crippen LogP contribution in [0.1, 0.15) is 34.8 Å². The van der Waals surface area contributed by atoms with Crippen molar-refractivity contribution in [3.8, 4) is 0 Å². The van der Waals surface area contributed by atoms with Gasteiger partial charge in [-0.05, 0) is 26.0 Å². The number of hydrogen-bond donors (Lipinski definition) is 3. The molecule has 2 amide bonds. The van der Waals surface area contributed by atoms with Crippen LogP contribution in [0.4, 0.5) is 0 Å². The van der Waals surface area contributed by atoms with Gasteiger partial charge in [0.15, 0.2) is 11.4 Å². The number of nitrogens with one attached hydrogen (secondary N) is 1. The number of carbonyl (C=O) groups is 4. The Balaban J connectivity index is 1.63. The molecule has 11 heteroatoms. The Bertz CT molecular complexity index is 1090. The van der Waals surface area contributed by atoms with Gasteiger partial charge < -0.3 is 20.4 Å². The number of benzene rings is 1. The first kappa shape index (κ1) is 19.1. The first-order valence-electron chi connectivity index (χ1n) is 8.65. The third-order valence-electron chi connectivity index (χ3n) is 4.95. The zero-order valence-corrected chi connectivity index (χ0v) is 16.1. The molecule has 2 fully saturated rings. The summed E-state index contributed by atoms with van der Waals surface area (Å²) in [6.45, 7) is 3.44. The molecule has 1 aromatic carbocycles. The van der Waals surface area contributed by atoms with E-state index in [1.54, 1.807) is 38.1 Å². The minimum absolute atomic E-state index is 0.324. The van der Waals surface area contributed by atoms with E-state index in [0.29, 0.717) is 11.0 Å². The zero-order valence-electron chi connectivity index (χ0n) is 15.3. The average Bonchev–Trinajstić information content (AvgIpc) is 2.92. The van der Waals surface area contributed by atoms with Crippen molar-refractivity contribution in [2.75, 3.05) is 0 Å². The molecule has 3 heterocycles. The third kappa shape index (κ3) is 2.89. The van der Waals surface area contributed by atoms with Gasteiger partial charge in [-0.25, -0.2) is 19.6 Å². The van der Waals surface area contributed by atoms with E-state index >= 15 is 0 Å². The van der Waals surface area contributed by atoms with E-state index < -0.39 is 57.3 Å². The Morgan fingerprint density at radius 3 is 2.24 bits per heavy atom. The maximum Gasteiger partial charge on any atom is 0.357 e. The van der Waals surface area contributed by atoms with Crippen LogP contribution in [0.2, 0.25) is 0 Å². The third-order valence-corrected chi connectivity index (χ3v) is 6.52. The molecular weight excluding hydrogens is 400 g/mol. The van der Waals surface area contributed by atoms with Crippen LogP contribution in [0.5, 0.6) is 0 Å². The summed E-state index contributed by atoms with van der Waals surface area (Å²) in [6.07, 6.45) is 0. The second kappa shape index (κ2) is 6.41. The molecule has 1 aromatic heterocycles. The van der Waals surface area contributed by atoms with Gasteiger partial charge in [-0.1, -0.05) is 12.1 Å². The van der Waals surface area contributed by atoms with Crippen molar-refractivity contribution in [3.63, 3.8) is 0 Å². The number of carboxylic acid groups (broad SMARTS) is 2. The van der Waals surface area contributed by atoms with Crippen molar-refractivity contribution >= 4 is 46.5 Å². The van der Waals surface area contributed by atoms with Gasteiger partial charge in [-0.2, -0.15) is 0 Å². The summed E-state index contributed by atoms with van der Waals surface area (Å²) in [5.41, 5.74) is -0.261. The lowest BCUT2D eigenvalue weighted by Gasteiger charge is -2.43. The molecule has 4 rings (SSSR count). The molecule has 10 nitrogen and oxygen atoms in total. The standard InChI is InChI=1S/C18H16N4O6S/c1-18(2)12(17(27)28)22-14(24)11(15(22)29-18)21-13(23)9-10(16(25)26)20-8-6-4-3-5-7(8)19-9/h3-6,11-12,15H,1-2H3,(H,21,23)(H,25,26)(H,27,28)/t11-,12?,15-/m0/s1. The summed E-state index contributed by atoms with van der Waals surface area (Å²) in [5, 5.41) is 20.8. The van der Waals surface area contributed by atoms with E-state index in [1.165, 1.54) is 16.7 Å². The van der Waals surface area contributed by atoms with Gasteiger partial charge in [0.1, 0.15) is 17.5 Å². The summed E-state index contributed by atoms with van der Waals surface area (Å²) in [7, 11) is 0. The largest absolute Gasteiger partial charge is 0.480 e. The second-order valence-electron chi connectivity index (χ2n) is 7.26. The number of thioether (sulfide) groups is 1. The van der Waals surface area contributed by atoms with Gasteiger partial charge in [-0.3, -0.25) is 9.59 Å². The maximum atomic E-state index is 12.8. The van der Waals surface area contributed by atoms with Gasteiger partial charge in [-0.15, -0.1) is 11.8 Å². The van der Waals surface area contributed by atoms with Crippen LogP contribution in [0.15, 0.2) is 24.3 Å². The lowest BCUT2D eigenvalue weighted by molar-refractivity contribution is -0.159. The van der Waals surface area contributed by atoms with Crippen molar-refractivity contribution in [1.29, 1.82) is 0 Å². The van der Waals surface area contributed by atoms with Gasteiger partial charge >= 0.3 is 11.9 Å². The molecule has 3 N–H and O–H groups in total. The molecule has 0 saturated carbocycles. The number of hydrogen-bond acceptors (Lipinski definition) is 7. The molecule has 1 unspecified atom stereocenters. The van der Waals surface area contributed by atoms with E-state index in [-0.39, 0.29) is 0 Å². The minimum atomic E-state index is -1.42. The number of aromatic carboxylic acids is 1. The highest BCUT2D eigenvalue weighted by Crippen LogP contribution is 2.50. The molecule has 2 aromatic rings. The Kier molecular flexibility index (Phi) is 4.23. The highest BCUT2D eigenvalue weighted by Gasteiger charge is 2.64. The molecular formula is C18H16N4O6S. The van der Waals surface area contributed by atoms with E-state index in [9.17, 15) is 29.4 Å². The summed E-state index contributed by atoms with van der Waals surface area (Å²) in [6, 6.07) is 4.54. The number of aromatic nitrogens is 2. The molecule has 150 valence electrons. The fourth-order valence-electron chi connectivity index (χ4n) is 3.66. The SMILES string of the molecule is CC1(C)S[C@H]2[C@@H](NC(=O)c3nc4ccccc4nc3C(=O)O)C(=O)N2C1C(=O)O. The predicted octanol–water partition coefficient (Wildman–Crippen LogP) is 0.573. The molecule has 0 bridgehead atoms. The van der Waals surface area contributed by atoms with Crippen molar-refractivity contribution in [2.45, 2.75) is 36.1 Å². The Hall–Kier alpha value is -3.21. The lowest BCUT2D eigenvalue weighted by Crippen LogP contribution is -2.70. The van der Waals surface area contributed by atoms with Crippen molar-refractivity contribution in [2.24, 2.45) is 0 Å². The fourth-order valence-corrected chi connectivity index (χ4v) is 5.29.